The topological polar surface area (TPSA) is 64.7 Å². The summed E-state index contributed by atoms with van der Waals surface area (Å²) in [4.78, 5) is 28.4. The second-order valence-corrected chi connectivity index (χ2v) is 6.84. The third-order valence-corrected chi connectivity index (χ3v) is 4.65. The number of amides is 2. The van der Waals surface area contributed by atoms with E-state index < -0.39 is 0 Å². The second-order valence-electron chi connectivity index (χ2n) is 6.84. The van der Waals surface area contributed by atoms with E-state index in [-0.39, 0.29) is 24.2 Å². The van der Waals surface area contributed by atoms with Gasteiger partial charge in [-0.1, -0.05) is 24.3 Å². The molecule has 0 spiro atoms. The van der Waals surface area contributed by atoms with Gasteiger partial charge in [-0.05, 0) is 30.3 Å². The van der Waals surface area contributed by atoms with E-state index in [1.165, 1.54) is 12.1 Å². The molecular formula is C21H25FN4O2. The van der Waals surface area contributed by atoms with Crippen LogP contribution in [0.25, 0.3) is 0 Å². The van der Waals surface area contributed by atoms with Crippen LogP contribution >= 0.6 is 0 Å². The summed E-state index contributed by atoms with van der Waals surface area (Å²) in [5.41, 5.74) is 1.27. The van der Waals surface area contributed by atoms with E-state index in [1.54, 1.807) is 12.1 Å². The summed E-state index contributed by atoms with van der Waals surface area (Å²) >= 11 is 0. The molecule has 1 fully saturated rings. The van der Waals surface area contributed by atoms with Crippen LogP contribution in [0.1, 0.15) is 6.42 Å². The number of hydrogen-bond acceptors (Lipinski definition) is 4. The Labute approximate surface area is 164 Å². The lowest BCUT2D eigenvalue weighted by molar-refractivity contribution is -0.117. The van der Waals surface area contributed by atoms with Gasteiger partial charge in [0.05, 0.1) is 6.54 Å². The van der Waals surface area contributed by atoms with Crippen molar-refractivity contribution in [2.24, 2.45) is 0 Å². The lowest BCUT2D eigenvalue weighted by Crippen LogP contribution is -2.49. The van der Waals surface area contributed by atoms with Crippen LogP contribution in [-0.4, -0.2) is 60.9 Å². The van der Waals surface area contributed by atoms with Gasteiger partial charge in [0.2, 0.25) is 11.8 Å². The number of nitrogens with zero attached hydrogens (tertiary/aromatic N) is 2. The molecule has 2 N–H and O–H groups in total. The molecule has 1 aliphatic heterocycles. The number of piperazine rings is 1. The van der Waals surface area contributed by atoms with E-state index in [2.05, 4.69) is 20.4 Å². The average Bonchev–Trinajstić information content (AvgIpc) is 2.68. The molecule has 0 radical (unpaired) electrons. The van der Waals surface area contributed by atoms with Gasteiger partial charge in [0.15, 0.2) is 0 Å². The fraction of sp³-hybridized carbons (Fsp3) is 0.333. The molecule has 2 aromatic rings. The van der Waals surface area contributed by atoms with Crippen LogP contribution in [-0.2, 0) is 9.59 Å². The number of carbonyl (C=O) groups excluding carboxylic acids is 2. The number of halogens is 1. The van der Waals surface area contributed by atoms with Crippen LogP contribution in [0.4, 0.5) is 15.8 Å². The standard InChI is InChI=1S/C21H25FN4O2/c22-17-5-4-8-19(15-17)24-21(28)16-26-13-11-25(12-14-26)10-9-20(27)23-18-6-2-1-3-7-18/h1-8,15H,9-14,16H2,(H,23,27)(H,24,28). The number of hydrogen-bond donors (Lipinski definition) is 2. The zero-order valence-electron chi connectivity index (χ0n) is 15.7. The van der Waals surface area contributed by atoms with Crippen LogP contribution in [0, 0.1) is 5.82 Å². The minimum absolute atomic E-state index is 0.00287. The molecule has 0 saturated carbocycles. The molecule has 28 heavy (non-hydrogen) atoms. The number of rotatable bonds is 7. The number of nitrogens with one attached hydrogen (secondary N) is 2. The summed E-state index contributed by atoms with van der Waals surface area (Å²) in [6.07, 6.45) is 0.439. The van der Waals surface area contributed by atoms with Crippen molar-refractivity contribution in [2.75, 3.05) is 49.9 Å². The van der Waals surface area contributed by atoms with E-state index in [9.17, 15) is 14.0 Å². The Morgan fingerprint density at radius 2 is 1.46 bits per heavy atom. The summed E-state index contributed by atoms with van der Waals surface area (Å²) in [6, 6.07) is 15.3. The molecule has 0 atom stereocenters. The van der Waals surface area contributed by atoms with Crippen LogP contribution < -0.4 is 10.6 Å². The smallest absolute Gasteiger partial charge is 0.238 e. The van der Waals surface area contributed by atoms with Crippen molar-refractivity contribution >= 4 is 23.2 Å². The highest BCUT2D eigenvalue weighted by Crippen LogP contribution is 2.10. The summed E-state index contributed by atoms with van der Waals surface area (Å²) < 4.78 is 13.2. The third kappa shape index (κ3) is 6.44. The van der Waals surface area contributed by atoms with Gasteiger partial charge in [0.25, 0.3) is 0 Å². The van der Waals surface area contributed by atoms with Crippen LogP contribution in [0.2, 0.25) is 0 Å². The number of carbonyl (C=O) groups is 2. The molecule has 2 amide bonds. The molecule has 1 saturated heterocycles. The van der Waals surface area contributed by atoms with Crippen LogP contribution in [0.5, 0.6) is 0 Å². The zero-order chi connectivity index (χ0) is 19.8. The van der Waals surface area contributed by atoms with E-state index in [4.69, 9.17) is 0 Å². The number of benzene rings is 2. The predicted octanol–water partition coefficient (Wildman–Crippen LogP) is 2.41. The Hall–Kier alpha value is -2.77. The minimum atomic E-state index is -0.372. The van der Waals surface area contributed by atoms with Gasteiger partial charge in [-0.3, -0.25) is 14.5 Å². The van der Waals surface area contributed by atoms with Gasteiger partial charge < -0.3 is 15.5 Å². The van der Waals surface area contributed by atoms with Crippen molar-refractivity contribution in [1.29, 1.82) is 0 Å². The van der Waals surface area contributed by atoms with Gasteiger partial charge in [0.1, 0.15) is 5.82 Å². The highest BCUT2D eigenvalue weighted by molar-refractivity contribution is 5.92. The summed E-state index contributed by atoms with van der Waals surface area (Å²) in [5.74, 6) is -0.521. The van der Waals surface area contributed by atoms with Crippen LogP contribution in [0.15, 0.2) is 54.6 Å². The van der Waals surface area contributed by atoms with E-state index >= 15 is 0 Å². The molecule has 0 aromatic heterocycles. The minimum Gasteiger partial charge on any atom is -0.326 e. The highest BCUT2D eigenvalue weighted by atomic mass is 19.1. The van der Waals surface area contributed by atoms with Gasteiger partial charge in [-0.2, -0.15) is 0 Å². The number of para-hydroxylation sites is 1. The molecule has 1 aliphatic rings. The Bertz CT molecular complexity index is 792. The van der Waals surface area contributed by atoms with Crippen molar-refractivity contribution < 1.29 is 14.0 Å². The summed E-state index contributed by atoms with van der Waals surface area (Å²) in [6.45, 7) is 4.12. The molecule has 148 valence electrons. The van der Waals surface area contributed by atoms with Gasteiger partial charge in [-0.15, -0.1) is 0 Å². The molecule has 6 nitrogen and oxygen atoms in total. The summed E-state index contributed by atoms with van der Waals surface area (Å²) in [7, 11) is 0. The molecule has 1 heterocycles. The fourth-order valence-corrected chi connectivity index (χ4v) is 3.15. The molecule has 0 bridgehead atoms. The van der Waals surface area contributed by atoms with Crippen molar-refractivity contribution in [2.45, 2.75) is 6.42 Å². The highest BCUT2D eigenvalue weighted by Gasteiger charge is 2.19. The number of anilines is 2. The second kappa shape index (κ2) is 9.96. The fourth-order valence-electron chi connectivity index (χ4n) is 3.15. The Kier molecular flexibility index (Phi) is 7.11. The average molecular weight is 384 g/mol. The first-order valence-corrected chi connectivity index (χ1v) is 9.43. The van der Waals surface area contributed by atoms with Crippen molar-refractivity contribution in [1.82, 2.24) is 9.80 Å². The van der Waals surface area contributed by atoms with Gasteiger partial charge >= 0.3 is 0 Å². The van der Waals surface area contributed by atoms with Gasteiger partial charge in [-0.25, -0.2) is 4.39 Å². The third-order valence-electron chi connectivity index (χ3n) is 4.65. The van der Waals surface area contributed by atoms with Crippen molar-refractivity contribution in [3.63, 3.8) is 0 Å². The SMILES string of the molecule is O=C(CCN1CCN(CC(=O)Nc2cccc(F)c2)CC1)Nc1ccccc1. The van der Waals surface area contributed by atoms with Gasteiger partial charge in [0, 0.05) is 50.5 Å². The van der Waals surface area contributed by atoms with Crippen LogP contribution in [0.3, 0.4) is 0 Å². The lowest BCUT2D eigenvalue weighted by atomic mass is 10.2. The maximum atomic E-state index is 13.2. The summed E-state index contributed by atoms with van der Waals surface area (Å²) in [5, 5.41) is 5.61. The first-order valence-electron chi connectivity index (χ1n) is 9.43. The zero-order valence-corrected chi connectivity index (χ0v) is 15.7. The monoisotopic (exact) mass is 384 g/mol. The first kappa shape index (κ1) is 20.0. The van der Waals surface area contributed by atoms with Crippen molar-refractivity contribution in [3.8, 4) is 0 Å². The Balaban J connectivity index is 1.34. The predicted molar refractivity (Wildman–Crippen MR) is 108 cm³/mol. The molecule has 0 aliphatic carbocycles. The lowest BCUT2D eigenvalue weighted by Gasteiger charge is -2.34. The molecule has 2 aromatic carbocycles. The largest absolute Gasteiger partial charge is 0.326 e. The molecule has 7 heteroatoms. The Morgan fingerprint density at radius 3 is 2.18 bits per heavy atom. The normalized spacial score (nSPS) is 15.2. The molecule has 0 unspecified atom stereocenters. The maximum absolute atomic E-state index is 13.2. The maximum Gasteiger partial charge on any atom is 0.238 e. The van der Waals surface area contributed by atoms with E-state index in [1.807, 2.05) is 30.3 Å². The molecular weight excluding hydrogens is 359 g/mol. The Morgan fingerprint density at radius 1 is 0.821 bits per heavy atom. The first-order chi connectivity index (χ1) is 13.6. The van der Waals surface area contributed by atoms with E-state index in [0.717, 1.165) is 31.9 Å². The molecule has 3 rings (SSSR count). The van der Waals surface area contributed by atoms with E-state index in [0.29, 0.717) is 18.7 Å². The quantitative estimate of drug-likeness (QED) is 0.770. The van der Waals surface area contributed by atoms with Crippen molar-refractivity contribution in [3.05, 3.63) is 60.4 Å².